The minimum absolute atomic E-state index is 0.311. The molecule has 1 N–H and O–H groups in total. The topological polar surface area (TPSA) is 59.4 Å². The van der Waals surface area contributed by atoms with E-state index in [1.54, 1.807) is 36.5 Å². The van der Waals surface area contributed by atoms with Gasteiger partial charge < -0.3 is 9.84 Å². The molecule has 1 unspecified atom stereocenters. The van der Waals surface area contributed by atoms with Crippen LogP contribution < -0.4 is 4.74 Å². The molecule has 92 valence electrons. The molecule has 0 aliphatic heterocycles. The van der Waals surface area contributed by atoms with E-state index in [-0.39, 0.29) is 0 Å². The van der Waals surface area contributed by atoms with Crippen LogP contribution in [-0.4, -0.2) is 16.1 Å². The van der Waals surface area contributed by atoms with Gasteiger partial charge in [0.25, 0.3) is 0 Å². The predicted molar refractivity (Wildman–Crippen MR) is 66.4 cm³/mol. The van der Waals surface area contributed by atoms with E-state index in [2.05, 4.69) is 4.98 Å². The van der Waals surface area contributed by atoms with Gasteiger partial charge in [0, 0.05) is 17.8 Å². The van der Waals surface area contributed by atoms with Gasteiger partial charge in [-0.3, -0.25) is 0 Å². The van der Waals surface area contributed by atoms with Crippen molar-refractivity contribution in [2.24, 2.45) is 0 Å². The first-order valence-corrected chi connectivity index (χ1v) is 5.54. The van der Waals surface area contributed by atoms with E-state index in [9.17, 15) is 9.90 Å². The van der Waals surface area contributed by atoms with Crippen molar-refractivity contribution in [3.63, 3.8) is 0 Å². The third-order valence-corrected chi connectivity index (χ3v) is 2.46. The maximum Gasteiger partial charge on any atom is 0.349 e. The van der Waals surface area contributed by atoms with E-state index < -0.39 is 12.1 Å². The van der Waals surface area contributed by atoms with Crippen LogP contribution in [0.5, 0.6) is 5.88 Å². The Labute approximate surface area is 105 Å². The van der Waals surface area contributed by atoms with Crippen molar-refractivity contribution in [3.05, 3.63) is 59.8 Å². The zero-order valence-electron chi connectivity index (χ0n) is 9.91. The first-order valence-electron chi connectivity index (χ1n) is 5.54. The van der Waals surface area contributed by atoms with E-state index in [0.717, 1.165) is 5.56 Å². The summed E-state index contributed by atoms with van der Waals surface area (Å²) in [5, 5.41) is 9.20. The van der Waals surface area contributed by atoms with Crippen molar-refractivity contribution >= 4 is 5.97 Å². The highest BCUT2D eigenvalue weighted by Crippen LogP contribution is 2.21. The van der Waals surface area contributed by atoms with Crippen molar-refractivity contribution in [3.8, 4) is 5.88 Å². The molecule has 2 aromatic rings. The number of carboxylic acid groups (broad SMARTS) is 1. The third kappa shape index (κ3) is 2.85. The van der Waals surface area contributed by atoms with E-state index >= 15 is 0 Å². The van der Waals surface area contributed by atoms with Gasteiger partial charge in [0.2, 0.25) is 12.0 Å². The van der Waals surface area contributed by atoms with Gasteiger partial charge in [0.15, 0.2) is 0 Å². The number of hydrogen-bond acceptors (Lipinski definition) is 3. The van der Waals surface area contributed by atoms with Gasteiger partial charge in [0.05, 0.1) is 0 Å². The van der Waals surface area contributed by atoms with Crippen LogP contribution in [0.3, 0.4) is 0 Å². The molecule has 0 saturated carbocycles. The Morgan fingerprint density at radius 3 is 2.61 bits per heavy atom. The lowest BCUT2D eigenvalue weighted by Gasteiger charge is -2.14. The van der Waals surface area contributed by atoms with Gasteiger partial charge in [-0.25, -0.2) is 9.78 Å². The summed E-state index contributed by atoms with van der Waals surface area (Å²) in [7, 11) is 0. The monoisotopic (exact) mass is 243 g/mol. The number of rotatable bonds is 4. The number of carboxylic acids is 1. The Balaban J connectivity index is 2.25. The van der Waals surface area contributed by atoms with Crippen LogP contribution in [0.2, 0.25) is 0 Å². The number of pyridine rings is 1. The van der Waals surface area contributed by atoms with Crippen molar-refractivity contribution in [2.45, 2.75) is 13.0 Å². The Morgan fingerprint density at radius 1 is 1.28 bits per heavy atom. The van der Waals surface area contributed by atoms with Crippen LogP contribution in [0.1, 0.15) is 17.2 Å². The number of benzene rings is 1. The van der Waals surface area contributed by atoms with Crippen LogP contribution in [0.4, 0.5) is 0 Å². The molecular formula is C14H13NO3. The lowest BCUT2D eigenvalue weighted by atomic mass is 10.1. The largest absolute Gasteiger partial charge is 0.478 e. The van der Waals surface area contributed by atoms with Crippen LogP contribution in [0, 0.1) is 6.92 Å². The summed E-state index contributed by atoms with van der Waals surface area (Å²) in [5.74, 6) is -0.726. The highest BCUT2D eigenvalue weighted by Gasteiger charge is 2.22. The summed E-state index contributed by atoms with van der Waals surface area (Å²) in [6, 6.07) is 12.3. The van der Waals surface area contributed by atoms with Crippen LogP contribution >= 0.6 is 0 Å². The number of ether oxygens (including phenoxy) is 1. The van der Waals surface area contributed by atoms with E-state index in [1.165, 1.54) is 0 Å². The maximum atomic E-state index is 11.2. The number of hydrogen-bond donors (Lipinski definition) is 1. The van der Waals surface area contributed by atoms with Gasteiger partial charge in [-0.1, -0.05) is 30.3 Å². The summed E-state index contributed by atoms with van der Waals surface area (Å²) < 4.78 is 5.43. The van der Waals surface area contributed by atoms with Gasteiger partial charge in [-0.15, -0.1) is 0 Å². The van der Waals surface area contributed by atoms with Gasteiger partial charge >= 0.3 is 5.97 Å². The molecule has 2 rings (SSSR count). The van der Waals surface area contributed by atoms with Crippen molar-refractivity contribution in [1.82, 2.24) is 4.98 Å². The van der Waals surface area contributed by atoms with E-state index in [4.69, 9.17) is 4.74 Å². The minimum Gasteiger partial charge on any atom is -0.478 e. The second kappa shape index (κ2) is 5.31. The van der Waals surface area contributed by atoms with Crippen LogP contribution in [-0.2, 0) is 4.79 Å². The lowest BCUT2D eigenvalue weighted by Crippen LogP contribution is -2.18. The normalized spacial score (nSPS) is 11.8. The minimum atomic E-state index is -1.04. The fraction of sp³-hybridized carbons (Fsp3) is 0.143. The standard InChI is InChI=1S/C14H13NO3/c1-10-7-8-15-12(9-10)18-13(14(16)17)11-5-3-2-4-6-11/h2-9,13H,1H3,(H,16,17). The Hall–Kier alpha value is -2.36. The average Bonchev–Trinajstić information content (AvgIpc) is 2.37. The number of aromatic nitrogens is 1. The second-order valence-electron chi connectivity index (χ2n) is 3.92. The van der Waals surface area contributed by atoms with Gasteiger partial charge in [-0.05, 0) is 18.6 Å². The van der Waals surface area contributed by atoms with Gasteiger partial charge in [-0.2, -0.15) is 0 Å². The van der Waals surface area contributed by atoms with Crippen LogP contribution in [0.15, 0.2) is 48.7 Å². The average molecular weight is 243 g/mol. The molecule has 4 heteroatoms. The summed E-state index contributed by atoms with van der Waals surface area (Å²) in [4.78, 5) is 15.2. The zero-order chi connectivity index (χ0) is 13.0. The molecule has 1 heterocycles. The van der Waals surface area contributed by atoms with E-state index in [1.807, 2.05) is 19.1 Å². The van der Waals surface area contributed by atoms with Crippen molar-refractivity contribution < 1.29 is 14.6 Å². The van der Waals surface area contributed by atoms with Gasteiger partial charge in [0.1, 0.15) is 0 Å². The number of nitrogens with zero attached hydrogens (tertiary/aromatic N) is 1. The Bertz CT molecular complexity index is 540. The molecule has 0 spiro atoms. The van der Waals surface area contributed by atoms with Crippen molar-refractivity contribution in [1.29, 1.82) is 0 Å². The quantitative estimate of drug-likeness (QED) is 0.896. The Kier molecular flexibility index (Phi) is 3.57. The maximum absolute atomic E-state index is 11.2. The summed E-state index contributed by atoms with van der Waals surface area (Å²) in [6.45, 7) is 1.90. The molecule has 1 atom stereocenters. The van der Waals surface area contributed by atoms with Crippen molar-refractivity contribution in [2.75, 3.05) is 0 Å². The summed E-state index contributed by atoms with van der Waals surface area (Å²) >= 11 is 0. The highest BCUT2D eigenvalue weighted by molar-refractivity contribution is 5.74. The van der Waals surface area contributed by atoms with E-state index in [0.29, 0.717) is 11.4 Å². The Morgan fingerprint density at radius 2 is 2.00 bits per heavy atom. The molecular weight excluding hydrogens is 230 g/mol. The number of carbonyl (C=O) groups is 1. The second-order valence-corrected chi connectivity index (χ2v) is 3.92. The molecule has 18 heavy (non-hydrogen) atoms. The zero-order valence-corrected chi connectivity index (χ0v) is 9.91. The fourth-order valence-electron chi connectivity index (χ4n) is 1.58. The summed E-state index contributed by atoms with van der Waals surface area (Å²) in [5.41, 5.74) is 1.56. The number of aliphatic carboxylic acids is 1. The smallest absolute Gasteiger partial charge is 0.349 e. The summed E-state index contributed by atoms with van der Waals surface area (Å²) in [6.07, 6.45) is 0.551. The molecule has 0 radical (unpaired) electrons. The lowest BCUT2D eigenvalue weighted by molar-refractivity contribution is -0.145. The number of aryl methyl sites for hydroxylation is 1. The molecule has 0 saturated heterocycles. The first kappa shape index (κ1) is 12.1. The molecule has 0 aliphatic rings. The van der Waals surface area contributed by atoms with Crippen LogP contribution in [0.25, 0.3) is 0 Å². The molecule has 0 amide bonds. The highest BCUT2D eigenvalue weighted by atomic mass is 16.5. The fourth-order valence-corrected chi connectivity index (χ4v) is 1.58. The molecule has 0 aliphatic carbocycles. The SMILES string of the molecule is Cc1ccnc(OC(C(=O)O)c2ccccc2)c1. The molecule has 4 nitrogen and oxygen atoms in total. The molecule has 1 aromatic carbocycles. The third-order valence-electron chi connectivity index (χ3n) is 2.46. The predicted octanol–water partition coefficient (Wildman–Crippen LogP) is 2.59. The molecule has 0 fully saturated rings. The first-order chi connectivity index (χ1) is 8.66. The molecule has 0 bridgehead atoms. The molecule has 1 aromatic heterocycles.